The molecule has 0 radical (unpaired) electrons. The highest BCUT2D eigenvalue weighted by Gasteiger charge is 2.22. The van der Waals surface area contributed by atoms with Gasteiger partial charge in [-0.2, -0.15) is 0 Å². The highest BCUT2D eigenvalue weighted by atomic mass is 16.7. The first kappa shape index (κ1) is 33.2. The van der Waals surface area contributed by atoms with Crippen LogP contribution in [0.3, 0.4) is 0 Å². The van der Waals surface area contributed by atoms with Crippen LogP contribution in [0.15, 0.2) is 60.7 Å². The van der Waals surface area contributed by atoms with E-state index in [0.29, 0.717) is 30.9 Å². The molecule has 1 unspecified atom stereocenters. The fraction of sp³-hybridized carbons (Fsp3) is 0.486. The maximum absolute atomic E-state index is 11.5. The van der Waals surface area contributed by atoms with E-state index < -0.39 is 0 Å². The first-order chi connectivity index (χ1) is 20.6. The van der Waals surface area contributed by atoms with Crippen molar-refractivity contribution in [1.82, 2.24) is 0 Å². The van der Waals surface area contributed by atoms with Crippen molar-refractivity contribution in [2.24, 2.45) is 0 Å². The van der Waals surface area contributed by atoms with Crippen LogP contribution in [0.4, 0.5) is 0 Å². The van der Waals surface area contributed by atoms with Crippen LogP contribution in [0.25, 0.3) is 0 Å². The SMILES string of the molecule is CCCCCCCCC(OCc1ccccc1)c1ccc(CCCc2ccc(OCOC)cc2O)c(OCOC)c1O. The summed E-state index contributed by atoms with van der Waals surface area (Å²) in [6.07, 6.45) is 9.75. The van der Waals surface area contributed by atoms with Crippen LogP contribution >= 0.6 is 0 Å². The van der Waals surface area contributed by atoms with E-state index in [4.69, 9.17) is 23.7 Å². The molecule has 0 aliphatic rings. The predicted octanol–water partition coefficient (Wildman–Crippen LogP) is 8.25. The van der Waals surface area contributed by atoms with E-state index in [1.54, 1.807) is 20.3 Å². The summed E-state index contributed by atoms with van der Waals surface area (Å²) >= 11 is 0. The number of hydrogen-bond donors (Lipinski definition) is 2. The maximum Gasteiger partial charge on any atom is 0.188 e. The fourth-order valence-electron chi connectivity index (χ4n) is 5.01. The van der Waals surface area contributed by atoms with Crippen LogP contribution in [-0.2, 0) is 33.7 Å². The monoisotopic (exact) mass is 580 g/mol. The zero-order chi connectivity index (χ0) is 30.0. The molecule has 0 amide bonds. The maximum atomic E-state index is 11.5. The highest BCUT2D eigenvalue weighted by molar-refractivity contribution is 5.52. The Morgan fingerprint density at radius 3 is 2.14 bits per heavy atom. The van der Waals surface area contributed by atoms with Gasteiger partial charge in [-0.15, -0.1) is 0 Å². The van der Waals surface area contributed by atoms with E-state index >= 15 is 0 Å². The third-order valence-electron chi connectivity index (χ3n) is 7.32. The van der Waals surface area contributed by atoms with Crippen LogP contribution in [0.2, 0.25) is 0 Å². The Morgan fingerprint density at radius 2 is 1.40 bits per heavy atom. The van der Waals surface area contributed by atoms with Gasteiger partial charge in [0.2, 0.25) is 0 Å². The summed E-state index contributed by atoms with van der Waals surface area (Å²) in [5.74, 6) is 1.28. The van der Waals surface area contributed by atoms with Gasteiger partial charge in [-0.3, -0.25) is 0 Å². The molecule has 0 fully saturated rings. The lowest BCUT2D eigenvalue weighted by atomic mass is 9.96. The largest absolute Gasteiger partial charge is 0.508 e. The van der Waals surface area contributed by atoms with Gasteiger partial charge in [-0.1, -0.05) is 94.0 Å². The number of methoxy groups -OCH3 is 2. The summed E-state index contributed by atoms with van der Waals surface area (Å²) < 4.78 is 27.8. The van der Waals surface area contributed by atoms with Crippen LogP contribution in [0.5, 0.6) is 23.0 Å². The molecule has 3 rings (SSSR count). The molecule has 0 saturated heterocycles. The van der Waals surface area contributed by atoms with Gasteiger partial charge in [-0.05, 0) is 48.4 Å². The second-order valence-electron chi connectivity index (χ2n) is 10.6. The molecular weight excluding hydrogens is 532 g/mol. The van der Waals surface area contributed by atoms with Gasteiger partial charge in [0.15, 0.2) is 25.1 Å². The van der Waals surface area contributed by atoms with E-state index in [2.05, 4.69) is 19.1 Å². The van der Waals surface area contributed by atoms with E-state index in [1.165, 1.54) is 25.7 Å². The minimum Gasteiger partial charge on any atom is -0.508 e. The first-order valence-corrected chi connectivity index (χ1v) is 15.1. The van der Waals surface area contributed by atoms with Crippen molar-refractivity contribution in [3.63, 3.8) is 0 Å². The number of aromatic hydroxyl groups is 2. The molecule has 3 aromatic rings. The summed E-state index contributed by atoms with van der Waals surface area (Å²) in [4.78, 5) is 0. The number of aryl methyl sites for hydroxylation is 2. The fourth-order valence-corrected chi connectivity index (χ4v) is 5.01. The van der Waals surface area contributed by atoms with Crippen LogP contribution < -0.4 is 9.47 Å². The van der Waals surface area contributed by atoms with Crippen LogP contribution in [0.1, 0.15) is 86.6 Å². The molecule has 7 heteroatoms. The van der Waals surface area contributed by atoms with Gasteiger partial charge < -0.3 is 33.9 Å². The van der Waals surface area contributed by atoms with Crippen molar-refractivity contribution in [3.05, 3.63) is 82.9 Å². The van der Waals surface area contributed by atoms with Crippen molar-refractivity contribution in [3.8, 4) is 23.0 Å². The smallest absolute Gasteiger partial charge is 0.188 e. The van der Waals surface area contributed by atoms with Crippen molar-refractivity contribution in [2.75, 3.05) is 27.8 Å². The summed E-state index contributed by atoms with van der Waals surface area (Å²) in [5.41, 5.74) is 3.54. The standard InChI is InChI=1S/C35H48O7/c1-4-5-6-7-8-12-18-33(40-24-27-14-10-9-11-15-27)31-22-20-29(35(34(31)37)42-26-39-3)17-13-16-28-19-21-30(23-32(28)36)41-25-38-2/h9-11,14-15,19-23,33,36-37H,4-8,12-13,16-18,24-26H2,1-3H3. The molecule has 0 heterocycles. The van der Waals surface area contributed by atoms with Gasteiger partial charge in [0, 0.05) is 25.8 Å². The van der Waals surface area contributed by atoms with E-state index in [0.717, 1.165) is 47.9 Å². The Labute approximate surface area is 251 Å². The summed E-state index contributed by atoms with van der Waals surface area (Å²) in [5, 5.41) is 21.9. The lowest BCUT2D eigenvalue weighted by Crippen LogP contribution is -2.09. The second-order valence-corrected chi connectivity index (χ2v) is 10.6. The molecule has 0 aliphatic carbocycles. The molecular formula is C35H48O7. The summed E-state index contributed by atoms with van der Waals surface area (Å²) in [7, 11) is 3.12. The number of phenols is 2. The number of phenolic OH excluding ortho intramolecular Hbond substituents is 2. The first-order valence-electron chi connectivity index (χ1n) is 15.1. The van der Waals surface area contributed by atoms with Gasteiger partial charge in [-0.25, -0.2) is 0 Å². The van der Waals surface area contributed by atoms with Gasteiger partial charge >= 0.3 is 0 Å². The molecule has 230 valence electrons. The van der Waals surface area contributed by atoms with E-state index in [-0.39, 0.29) is 31.2 Å². The molecule has 0 aromatic heterocycles. The lowest BCUT2D eigenvalue weighted by Gasteiger charge is -2.22. The molecule has 2 N–H and O–H groups in total. The van der Waals surface area contributed by atoms with Crippen molar-refractivity contribution < 1.29 is 33.9 Å². The number of ether oxygens (including phenoxy) is 5. The molecule has 3 aromatic carbocycles. The molecule has 42 heavy (non-hydrogen) atoms. The van der Waals surface area contributed by atoms with Crippen molar-refractivity contribution in [1.29, 1.82) is 0 Å². The average molecular weight is 581 g/mol. The average Bonchev–Trinajstić information content (AvgIpc) is 3.00. The quantitative estimate of drug-likeness (QED) is 0.0969. The van der Waals surface area contributed by atoms with E-state index in [9.17, 15) is 10.2 Å². The highest BCUT2D eigenvalue weighted by Crippen LogP contribution is 2.41. The van der Waals surface area contributed by atoms with Crippen LogP contribution in [-0.4, -0.2) is 38.0 Å². The Hall–Kier alpha value is -3.26. The Balaban J connectivity index is 1.73. The number of rotatable bonds is 21. The minimum atomic E-state index is -0.258. The Bertz CT molecular complexity index is 1170. The van der Waals surface area contributed by atoms with Gasteiger partial charge in [0.05, 0.1) is 12.7 Å². The molecule has 0 saturated carbocycles. The van der Waals surface area contributed by atoms with Gasteiger partial charge in [0.1, 0.15) is 11.5 Å². The molecule has 0 spiro atoms. The zero-order valence-electron chi connectivity index (χ0n) is 25.5. The second kappa shape index (κ2) is 19.0. The number of benzene rings is 3. The zero-order valence-corrected chi connectivity index (χ0v) is 25.5. The van der Waals surface area contributed by atoms with Gasteiger partial charge in [0.25, 0.3) is 0 Å². The Kier molecular flexibility index (Phi) is 15.1. The van der Waals surface area contributed by atoms with E-state index in [1.807, 2.05) is 42.5 Å². The topological polar surface area (TPSA) is 86.6 Å². The molecule has 1 atom stereocenters. The predicted molar refractivity (Wildman–Crippen MR) is 165 cm³/mol. The normalized spacial score (nSPS) is 11.9. The minimum absolute atomic E-state index is 0.0285. The number of hydrogen-bond acceptors (Lipinski definition) is 7. The molecule has 0 bridgehead atoms. The Morgan fingerprint density at radius 1 is 0.714 bits per heavy atom. The van der Waals surface area contributed by atoms with Crippen molar-refractivity contribution in [2.45, 2.75) is 83.8 Å². The third kappa shape index (κ3) is 10.9. The summed E-state index contributed by atoms with van der Waals surface area (Å²) in [6, 6.07) is 19.4. The molecule has 0 aliphatic heterocycles. The van der Waals surface area contributed by atoms with Crippen LogP contribution in [0, 0.1) is 0 Å². The lowest BCUT2D eigenvalue weighted by molar-refractivity contribution is 0.0284. The number of unbranched alkanes of at least 4 members (excludes halogenated alkanes) is 5. The van der Waals surface area contributed by atoms with Crippen molar-refractivity contribution >= 4 is 0 Å². The summed E-state index contributed by atoms with van der Waals surface area (Å²) in [6.45, 7) is 2.85. The third-order valence-corrected chi connectivity index (χ3v) is 7.32. The molecule has 7 nitrogen and oxygen atoms in total.